The van der Waals surface area contributed by atoms with Gasteiger partial charge in [-0.1, -0.05) is 364 Å². The van der Waals surface area contributed by atoms with Crippen molar-refractivity contribution in [3.63, 3.8) is 0 Å². The van der Waals surface area contributed by atoms with Crippen LogP contribution >= 0.6 is 0 Å². The molecule has 0 bridgehead atoms. The van der Waals surface area contributed by atoms with E-state index in [1.807, 2.05) is 104 Å². The van der Waals surface area contributed by atoms with Crippen LogP contribution in [0.3, 0.4) is 0 Å². The van der Waals surface area contributed by atoms with Gasteiger partial charge in [0, 0.05) is 21.5 Å². The highest BCUT2D eigenvalue weighted by Crippen LogP contribution is 2.68. The summed E-state index contributed by atoms with van der Waals surface area (Å²) in [6.45, 7) is 0. The third-order valence-electron chi connectivity index (χ3n) is 33.1. The maximum absolute atomic E-state index is 6.33. The molecule has 728 valence electrons. The van der Waals surface area contributed by atoms with Gasteiger partial charge in [-0.15, -0.1) is 0 Å². The second-order valence-corrected chi connectivity index (χ2v) is 44.7. The second kappa shape index (κ2) is 36.4. The SMILES string of the molecule is CN(C)C.CN(C)C.CN(C)C.CN(C)C.c1ccc2c(c1)Cc1c-2ccc2c1-c1c(ccc3c1-c1ccccc1C3)C21c2ccccc2Cc2ccccc21.c1ccc2c(c1)Cc1c-2ccc2c1-c1c(ccc3c1-c1ccccc1C3)C21c2ccccc2Cc2ccccc21.c1ccc2c(c1)Cc1c-2ccc2oc3ccc4c(c3c12)Cc1ccccc1-4.c1ccc2c(c1)Cc1ccc3oc4ccc5c(c4c3c1-2)-c1ccccc1C5. The van der Waals surface area contributed by atoms with Crippen LogP contribution in [-0.4, -0.2) is 104 Å². The monoisotopic (exact) mass is 1940 g/mol. The van der Waals surface area contributed by atoms with Crippen LogP contribution < -0.4 is 0 Å². The fraction of sp³-hybridized carbons (Fsp3) is 0.167. The fourth-order valence-corrected chi connectivity index (χ4v) is 27.9. The molecule has 12 aliphatic rings. The summed E-state index contributed by atoms with van der Waals surface area (Å²) in [4.78, 5) is 8.00. The molecule has 0 aliphatic heterocycles. The predicted octanol–water partition coefficient (Wildman–Crippen LogP) is 32.4. The van der Waals surface area contributed by atoms with Crippen molar-refractivity contribution >= 4 is 43.9 Å². The van der Waals surface area contributed by atoms with Crippen LogP contribution in [0.15, 0.2) is 397 Å². The summed E-state index contributed by atoms with van der Waals surface area (Å²) in [6, 6.07) is 146. The van der Waals surface area contributed by atoms with Crippen molar-refractivity contribution in [3.05, 3.63) is 544 Å². The molecule has 6 nitrogen and oxygen atoms in total. The van der Waals surface area contributed by atoms with Crippen molar-refractivity contribution in [1.29, 1.82) is 0 Å². The van der Waals surface area contributed by atoms with Crippen LogP contribution in [0.25, 0.3) is 155 Å². The third kappa shape index (κ3) is 14.4. The first-order valence-electron chi connectivity index (χ1n) is 53.5. The summed E-state index contributed by atoms with van der Waals surface area (Å²) in [6.07, 6.45) is 10.0. The van der Waals surface area contributed by atoms with Crippen LogP contribution in [0, 0.1) is 0 Å². The summed E-state index contributed by atoms with van der Waals surface area (Å²) in [5.74, 6) is 0. The minimum atomic E-state index is -0.313. The van der Waals surface area contributed by atoms with E-state index in [4.69, 9.17) is 8.83 Å². The number of hydrogen-bond acceptors (Lipinski definition) is 6. The maximum atomic E-state index is 6.33. The van der Waals surface area contributed by atoms with Crippen LogP contribution in [0.5, 0.6) is 0 Å². The highest BCUT2D eigenvalue weighted by atomic mass is 16.3. The van der Waals surface area contributed by atoms with E-state index in [0.29, 0.717) is 0 Å². The zero-order valence-electron chi connectivity index (χ0n) is 87.6. The Kier molecular flexibility index (Phi) is 22.4. The highest BCUT2D eigenvalue weighted by Gasteiger charge is 2.55. The third-order valence-corrected chi connectivity index (χ3v) is 33.1. The van der Waals surface area contributed by atoms with Crippen molar-refractivity contribution in [3.8, 4) is 111 Å². The normalized spacial score (nSPS) is 14.1. The van der Waals surface area contributed by atoms with E-state index in [2.05, 4.69) is 388 Å². The highest BCUT2D eigenvalue weighted by molar-refractivity contribution is 6.21. The van der Waals surface area contributed by atoms with E-state index >= 15 is 0 Å². The molecular formula is C144H120N4O2. The van der Waals surface area contributed by atoms with Crippen molar-refractivity contribution in [2.24, 2.45) is 0 Å². The van der Waals surface area contributed by atoms with Gasteiger partial charge >= 0.3 is 0 Å². The van der Waals surface area contributed by atoms with Gasteiger partial charge in [-0.05, 0) is 440 Å². The molecule has 20 aromatic carbocycles. The molecule has 2 heterocycles. The van der Waals surface area contributed by atoms with Crippen molar-refractivity contribution in [2.75, 3.05) is 84.6 Å². The molecule has 6 heteroatoms. The zero-order chi connectivity index (χ0) is 101. The molecule has 34 rings (SSSR count). The molecule has 2 spiro atoms. The average Bonchev–Trinajstić information content (AvgIpc) is 1.50. The lowest BCUT2D eigenvalue weighted by Gasteiger charge is -2.40. The summed E-state index contributed by atoms with van der Waals surface area (Å²) >= 11 is 0. The molecule has 12 aliphatic carbocycles. The van der Waals surface area contributed by atoms with Gasteiger partial charge in [0.2, 0.25) is 0 Å². The number of furan rings is 2. The van der Waals surface area contributed by atoms with E-state index in [0.717, 1.165) is 86.5 Å². The standard InChI is InChI=1S/2C40H26.2C26H16O.4C3H9N/c2*1-5-13-29-25(10-1)23-32-31(29)18-20-35-38(32)39-36(19-17-28-21-24-9-2-6-14-30(24)37(28)39)40(35)33-15-7-3-11-26(33)22-27-12-4-8-16-34(27)40;1-3-7-19-15(5-1)13-17-9-11-21-25(23(17)19)26-22(27-21)12-10-18-14-16-6-2-4-8-20(16)24(18)26;1-3-7-17-15(5-1)13-21-19(17)9-11-23-25(21)26-22-14-16-6-2-4-8-18(16)20(22)10-12-24(26)27-23;4*1-4(2)3/h2*1-20H,21-23H2;2*1-12H,13-14H2;4*1-3H3. The average molecular weight is 1940 g/mol. The minimum absolute atomic E-state index is 0.313. The van der Waals surface area contributed by atoms with Crippen molar-refractivity contribution in [1.82, 2.24) is 19.6 Å². The molecule has 0 unspecified atom stereocenters. The number of nitrogens with zero attached hydrogens (tertiary/aromatic N) is 4. The van der Waals surface area contributed by atoms with Gasteiger partial charge in [-0.3, -0.25) is 0 Å². The summed E-state index contributed by atoms with van der Waals surface area (Å²) in [5.41, 5.74) is 72.3. The molecule has 0 saturated carbocycles. The quantitative estimate of drug-likeness (QED) is 0.151. The first-order valence-corrected chi connectivity index (χ1v) is 53.5. The Morgan fingerprint density at radius 1 is 0.140 bits per heavy atom. The van der Waals surface area contributed by atoms with Gasteiger partial charge in [0.15, 0.2) is 0 Å². The van der Waals surface area contributed by atoms with E-state index in [-0.39, 0.29) is 10.8 Å². The lowest BCUT2D eigenvalue weighted by molar-refractivity contribution is 0.505. The molecule has 0 amide bonds. The first kappa shape index (κ1) is 92.4. The Morgan fingerprint density at radius 3 is 0.633 bits per heavy atom. The van der Waals surface area contributed by atoms with Crippen LogP contribution in [-0.2, 0) is 75.0 Å². The number of rotatable bonds is 0. The molecule has 0 atom stereocenters. The smallest absolute Gasteiger partial charge is 0.136 e. The molecule has 0 saturated heterocycles. The molecule has 2 aromatic heterocycles. The topological polar surface area (TPSA) is 39.2 Å². The Balaban J connectivity index is 0.0000000949. The lowest BCUT2D eigenvalue weighted by atomic mass is 9.61. The Labute approximate surface area is 880 Å². The molecule has 22 aromatic rings. The van der Waals surface area contributed by atoms with Gasteiger partial charge in [-0.25, -0.2) is 0 Å². The van der Waals surface area contributed by atoms with E-state index < -0.39 is 0 Å². The summed E-state index contributed by atoms with van der Waals surface area (Å²) < 4.78 is 12.6. The Bertz CT molecular complexity index is 8720. The van der Waals surface area contributed by atoms with Crippen LogP contribution in [0.4, 0.5) is 0 Å². The minimum Gasteiger partial charge on any atom is -0.456 e. The van der Waals surface area contributed by atoms with Gasteiger partial charge in [0.05, 0.1) is 10.8 Å². The van der Waals surface area contributed by atoms with Crippen molar-refractivity contribution < 1.29 is 8.83 Å². The van der Waals surface area contributed by atoms with Gasteiger partial charge in [-0.2, -0.15) is 0 Å². The number of hydrogen-bond donors (Lipinski definition) is 0. The lowest BCUT2D eigenvalue weighted by Crippen LogP contribution is -2.34. The second-order valence-electron chi connectivity index (χ2n) is 44.7. The fourth-order valence-electron chi connectivity index (χ4n) is 27.9. The van der Waals surface area contributed by atoms with E-state index in [1.54, 1.807) is 0 Å². The van der Waals surface area contributed by atoms with Crippen molar-refractivity contribution in [2.45, 2.75) is 75.0 Å². The molecule has 150 heavy (non-hydrogen) atoms. The molecule has 0 N–H and O–H groups in total. The van der Waals surface area contributed by atoms with Gasteiger partial charge < -0.3 is 28.4 Å². The van der Waals surface area contributed by atoms with E-state index in [9.17, 15) is 0 Å². The van der Waals surface area contributed by atoms with Crippen LogP contribution in [0.1, 0.15) is 156 Å². The Morgan fingerprint density at radius 2 is 0.333 bits per heavy atom. The largest absolute Gasteiger partial charge is 0.456 e. The van der Waals surface area contributed by atoms with Gasteiger partial charge in [0.25, 0.3) is 0 Å². The van der Waals surface area contributed by atoms with Gasteiger partial charge in [0.1, 0.15) is 22.3 Å². The number of fused-ring (bicyclic) bond motifs is 56. The van der Waals surface area contributed by atoms with Crippen LogP contribution in [0.2, 0.25) is 0 Å². The molecular weight excluding hydrogens is 1820 g/mol. The maximum Gasteiger partial charge on any atom is 0.136 e. The summed E-state index contributed by atoms with van der Waals surface area (Å²) in [7, 11) is 24.0. The molecule has 0 radical (unpaired) electrons. The van der Waals surface area contributed by atoms with E-state index in [1.165, 1.54) is 289 Å². The summed E-state index contributed by atoms with van der Waals surface area (Å²) in [5, 5.41) is 5.23. The Hall–Kier alpha value is -16.2. The zero-order valence-corrected chi connectivity index (χ0v) is 87.6. The predicted molar refractivity (Wildman–Crippen MR) is 625 cm³/mol. The number of benzene rings is 20. The first-order chi connectivity index (χ1) is 73.4. The molecule has 0 fully saturated rings.